The zero-order valence-electron chi connectivity index (χ0n) is 19.6. The summed E-state index contributed by atoms with van der Waals surface area (Å²) in [5.74, 6) is -1.69. The molecule has 0 radical (unpaired) electrons. The van der Waals surface area contributed by atoms with Crippen LogP contribution in [0.1, 0.15) is 73.1 Å². The molecule has 2 fully saturated rings. The second-order valence-electron chi connectivity index (χ2n) is 10.3. The molecule has 0 aromatic carbocycles. The SMILES string of the molecule is C=C1CC(CO)=C[C@H]2C3C(C)(C)[C@]3(OC(=O)CCC)[C@H](OC(=O)CCC)[C@@H](C)[C@]2(O)C1. The summed E-state index contributed by atoms with van der Waals surface area (Å²) in [6, 6.07) is 0. The number of hydrogen-bond acceptors (Lipinski definition) is 6. The summed E-state index contributed by atoms with van der Waals surface area (Å²) in [4.78, 5) is 25.3. The minimum atomic E-state index is -1.20. The molecule has 31 heavy (non-hydrogen) atoms. The summed E-state index contributed by atoms with van der Waals surface area (Å²) in [5, 5.41) is 21.9. The van der Waals surface area contributed by atoms with Crippen LogP contribution in [0.25, 0.3) is 0 Å². The number of aliphatic hydroxyl groups is 2. The number of carbonyl (C=O) groups excluding carboxylic acids is 2. The molecule has 0 saturated heterocycles. The molecule has 3 aliphatic carbocycles. The Morgan fingerprint density at radius 2 is 1.81 bits per heavy atom. The fourth-order valence-electron chi connectivity index (χ4n) is 6.30. The van der Waals surface area contributed by atoms with Gasteiger partial charge in [0.05, 0.1) is 12.2 Å². The molecule has 2 saturated carbocycles. The van der Waals surface area contributed by atoms with Crippen molar-refractivity contribution in [1.82, 2.24) is 0 Å². The minimum Gasteiger partial charge on any atom is -0.458 e. The Morgan fingerprint density at radius 3 is 2.39 bits per heavy atom. The summed E-state index contributed by atoms with van der Waals surface area (Å²) in [7, 11) is 0. The zero-order valence-corrected chi connectivity index (χ0v) is 19.6. The van der Waals surface area contributed by atoms with E-state index < -0.39 is 28.6 Å². The second kappa shape index (κ2) is 8.36. The highest BCUT2D eigenvalue weighted by Crippen LogP contribution is 2.76. The molecule has 6 atom stereocenters. The highest BCUT2D eigenvalue weighted by Gasteiger charge is 2.86. The molecule has 3 aliphatic rings. The molecule has 174 valence electrons. The third-order valence-corrected chi connectivity index (χ3v) is 7.84. The Balaban J connectivity index is 2.12. The summed E-state index contributed by atoms with van der Waals surface area (Å²) >= 11 is 0. The van der Waals surface area contributed by atoms with Crippen LogP contribution in [0, 0.1) is 23.2 Å². The molecule has 0 heterocycles. The predicted molar refractivity (Wildman–Crippen MR) is 117 cm³/mol. The number of ether oxygens (including phenoxy) is 2. The van der Waals surface area contributed by atoms with E-state index in [-0.39, 0.29) is 43.2 Å². The van der Waals surface area contributed by atoms with Crippen molar-refractivity contribution in [2.45, 2.75) is 90.4 Å². The Labute approximate surface area is 185 Å². The van der Waals surface area contributed by atoms with Gasteiger partial charge in [-0.3, -0.25) is 9.59 Å². The van der Waals surface area contributed by atoms with Crippen LogP contribution in [0.2, 0.25) is 0 Å². The summed E-state index contributed by atoms with van der Waals surface area (Å²) < 4.78 is 12.1. The van der Waals surface area contributed by atoms with Crippen molar-refractivity contribution < 1.29 is 29.3 Å². The van der Waals surface area contributed by atoms with E-state index >= 15 is 0 Å². The van der Waals surface area contributed by atoms with Gasteiger partial charge in [0.25, 0.3) is 0 Å². The van der Waals surface area contributed by atoms with Crippen LogP contribution in [-0.4, -0.2) is 46.1 Å². The van der Waals surface area contributed by atoms with E-state index in [2.05, 4.69) is 6.58 Å². The van der Waals surface area contributed by atoms with Crippen LogP contribution in [-0.2, 0) is 19.1 Å². The zero-order chi connectivity index (χ0) is 23.2. The molecule has 6 nitrogen and oxygen atoms in total. The summed E-state index contributed by atoms with van der Waals surface area (Å²) in [5.41, 5.74) is -1.05. The van der Waals surface area contributed by atoms with Crippen LogP contribution in [0.15, 0.2) is 23.8 Å². The van der Waals surface area contributed by atoms with Crippen molar-refractivity contribution in [3.8, 4) is 0 Å². The molecule has 2 N–H and O–H groups in total. The van der Waals surface area contributed by atoms with Gasteiger partial charge in [0, 0.05) is 36.0 Å². The third-order valence-electron chi connectivity index (χ3n) is 7.84. The number of hydrogen-bond donors (Lipinski definition) is 2. The Morgan fingerprint density at radius 1 is 1.19 bits per heavy atom. The summed E-state index contributed by atoms with van der Waals surface area (Å²) in [6.07, 6.45) is 3.98. The standard InChI is InChI=1S/C25H38O6/c1-7-9-19(27)30-22-16(4)24(29)13-15(3)11-17(14-26)12-18(24)21-23(5,6)25(21,22)31-20(28)10-8-2/h12,16,18,21-22,26,29H,3,7-11,13-14H2,1-2,4-6H3/t16-,18+,21?,22-,24-,25-/m1/s1. The lowest BCUT2D eigenvalue weighted by Gasteiger charge is -2.49. The van der Waals surface area contributed by atoms with Gasteiger partial charge in [0.1, 0.15) is 6.10 Å². The Kier molecular flexibility index (Phi) is 6.47. The lowest BCUT2D eigenvalue weighted by molar-refractivity contribution is -0.211. The lowest BCUT2D eigenvalue weighted by Crippen LogP contribution is -2.60. The number of rotatable bonds is 7. The van der Waals surface area contributed by atoms with E-state index in [0.717, 1.165) is 11.1 Å². The average molecular weight is 435 g/mol. The maximum atomic E-state index is 12.7. The molecule has 6 heteroatoms. The van der Waals surface area contributed by atoms with Crippen LogP contribution >= 0.6 is 0 Å². The van der Waals surface area contributed by atoms with Crippen molar-refractivity contribution >= 4 is 11.9 Å². The van der Waals surface area contributed by atoms with Gasteiger partial charge < -0.3 is 19.7 Å². The fourth-order valence-corrected chi connectivity index (χ4v) is 6.30. The van der Waals surface area contributed by atoms with Gasteiger partial charge in [-0.15, -0.1) is 0 Å². The van der Waals surface area contributed by atoms with Crippen molar-refractivity contribution in [2.75, 3.05) is 6.61 Å². The minimum absolute atomic E-state index is 0.106. The normalized spacial score (nSPS) is 38.3. The van der Waals surface area contributed by atoms with E-state index in [9.17, 15) is 19.8 Å². The van der Waals surface area contributed by atoms with Crippen molar-refractivity contribution in [3.63, 3.8) is 0 Å². The van der Waals surface area contributed by atoms with E-state index in [4.69, 9.17) is 9.47 Å². The highest BCUT2D eigenvalue weighted by molar-refractivity contribution is 5.72. The molecule has 1 unspecified atom stereocenters. The van der Waals surface area contributed by atoms with Gasteiger partial charge in [-0.1, -0.05) is 52.8 Å². The van der Waals surface area contributed by atoms with Gasteiger partial charge in [-0.05, 0) is 31.3 Å². The van der Waals surface area contributed by atoms with Crippen molar-refractivity contribution in [1.29, 1.82) is 0 Å². The first-order valence-electron chi connectivity index (χ1n) is 11.6. The number of carbonyl (C=O) groups is 2. The number of aliphatic hydroxyl groups excluding tert-OH is 1. The molecule has 0 amide bonds. The number of esters is 2. The van der Waals surface area contributed by atoms with Gasteiger partial charge in [0.15, 0.2) is 5.60 Å². The first-order valence-corrected chi connectivity index (χ1v) is 11.6. The molecule has 0 aromatic heterocycles. The van der Waals surface area contributed by atoms with Crippen LogP contribution < -0.4 is 0 Å². The van der Waals surface area contributed by atoms with Gasteiger partial charge in [-0.25, -0.2) is 0 Å². The largest absolute Gasteiger partial charge is 0.458 e. The first-order chi connectivity index (χ1) is 14.5. The van der Waals surface area contributed by atoms with Gasteiger partial charge >= 0.3 is 11.9 Å². The van der Waals surface area contributed by atoms with E-state index in [0.29, 0.717) is 25.7 Å². The Bertz CT molecular complexity index is 783. The molecular formula is C25H38O6. The predicted octanol–water partition coefficient (Wildman–Crippen LogP) is 3.70. The molecule has 3 rings (SSSR count). The van der Waals surface area contributed by atoms with Crippen LogP contribution in [0.4, 0.5) is 0 Å². The average Bonchev–Trinajstić information content (AvgIpc) is 3.20. The second-order valence-corrected chi connectivity index (χ2v) is 10.3. The van der Waals surface area contributed by atoms with E-state index in [1.54, 1.807) is 0 Å². The van der Waals surface area contributed by atoms with Gasteiger partial charge in [-0.2, -0.15) is 0 Å². The fraction of sp³-hybridized carbons (Fsp3) is 0.760. The number of fused-ring (bicyclic) bond motifs is 3. The van der Waals surface area contributed by atoms with Crippen LogP contribution in [0.5, 0.6) is 0 Å². The maximum Gasteiger partial charge on any atom is 0.306 e. The molecule has 0 spiro atoms. The quantitative estimate of drug-likeness (QED) is 0.469. The highest BCUT2D eigenvalue weighted by atomic mass is 16.6. The molecule has 0 aliphatic heterocycles. The first kappa shape index (κ1) is 24.0. The monoisotopic (exact) mass is 434 g/mol. The smallest absolute Gasteiger partial charge is 0.306 e. The van der Waals surface area contributed by atoms with E-state index in [1.807, 2.05) is 40.7 Å². The Hall–Kier alpha value is -1.66. The molecular weight excluding hydrogens is 396 g/mol. The van der Waals surface area contributed by atoms with Crippen molar-refractivity contribution in [3.05, 3.63) is 23.8 Å². The van der Waals surface area contributed by atoms with E-state index in [1.165, 1.54) is 0 Å². The third kappa shape index (κ3) is 3.66. The topological polar surface area (TPSA) is 93.1 Å². The molecule has 0 bridgehead atoms. The lowest BCUT2D eigenvalue weighted by atomic mass is 9.64. The summed E-state index contributed by atoms with van der Waals surface area (Å²) in [6.45, 7) is 13.7. The van der Waals surface area contributed by atoms with Gasteiger partial charge in [0.2, 0.25) is 0 Å². The van der Waals surface area contributed by atoms with Crippen LogP contribution in [0.3, 0.4) is 0 Å². The van der Waals surface area contributed by atoms with Crippen molar-refractivity contribution in [2.24, 2.45) is 23.2 Å². The molecule has 0 aromatic rings. The maximum absolute atomic E-state index is 12.7.